The third kappa shape index (κ3) is 4.70. The van der Waals surface area contributed by atoms with Gasteiger partial charge in [-0.05, 0) is 12.5 Å². The molecule has 0 aliphatic carbocycles. The van der Waals surface area contributed by atoms with Crippen LogP contribution in [-0.4, -0.2) is 0 Å². The first-order chi connectivity index (χ1) is 8.69. The third-order valence-electron chi connectivity index (χ3n) is 3.14. The van der Waals surface area contributed by atoms with Gasteiger partial charge >= 0.3 is 0 Å². The van der Waals surface area contributed by atoms with E-state index in [2.05, 4.69) is 12.3 Å². The van der Waals surface area contributed by atoms with Crippen LogP contribution in [0.25, 0.3) is 0 Å². The Labute approximate surface area is 108 Å². The lowest BCUT2D eigenvalue weighted by molar-refractivity contribution is 0.455. The van der Waals surface area contributed by atoms with Crippen molar-refractivity contribution in [3.05, 3.63) is 35.4 Å². The van der Waals surface area contributed by atoms with Crippen LogP contribution in [0.2, 0.25) is 0 Å². The van der Waals surface area contributed by atoms with Crippen molar-refractivity contribution in [3.63, 3.8) is 0 Å². The highest BCUT2D eigenvalue weighted by atomic mass is 19.1. The van der Waals surface area contributed by atoms with Crippen molar-refractivity contribution in [1.29, 1.82) is 0 Å². The van der Waals surface area contributed by atoms with Gasteiger partial charge in [-0.2, -0.15) is 0 Å². The fraction of sp³-hybridized carbons (Fsp3) is 0.571. The zero-order valence-electron chi connectivity index (χ0n) is 10.9. The summed E-state index contributed by atoms with van der Waals surface area (Å²) >= 11 is 0. The number of benzene rings is 1. The molecule has 0 aromatic heterocycles. The predicted molar refractivity (Wildman–Crippen MR) is 69.8 cm³/mol. The van der Waals surface area contributed by atoms with Gasteiger partial charge in [-0.1, -0.05) is 45.1 Å². The van der Waals surface area contributed by atoms with E-state index in [1.54, 1.807) is 0 Å². The molecule has 0 bridgehead atoms. The lowest BCUT2D eigenvalue weighted by Crippen LogP contribution is -2.28. The Bertz CT molecular complexity index is 356. The number of nitrogens with two attached hydrogens (primary N) is 1. The fourth-order valence-electron chi connectivity index (χ4n) is 2.06. The number of nitrogens with one attached hydrogen (secondary N) is 1. The van der Waals surface area contributed by atoms with Crippen LogP contribution in [0.4, 0.5) is 8.78 Å². The topological polar surface area (TPSA) is 38.0 Å². The fourth-order valence-corrected chi connectivity index (χ4v) is 2.06. The van der Waals surface area contributed by atoms with E-state index in [0.717, 1.165) is 25.3 Å². The Morgan fingerprint density at radius 1 is 1.17 bits per heavy atom. The van der Waals surface area contributed by atoms with Gasteiger partial charge in [0.25, 0.3) is 0 Å². The van der Waals surface area contributed by atoms with Crippen LogP contribution in [0.15, 0.2) is 18.2 Å². The highest BCUT2D eigenvalue weighted by molar-refractivity contribution is 5.21. The van der Waals surface area contributed by atoms with Crippen LogP contribution >= 0.6 is 0 Å². The van der Waals surface area contributed by atoms with Crippen LogP contribution in [-0.2, 0) is 0 Å². The van der Waals surface area contributed by atoms with Crippen molar-refractivity contribution < 1.29 is 8.78 Å². The van der Waals surface area contributed by atoms with Crippen molar-refractivity contribution in [2.24, 2.45) is 5.84 Å². The Kier molecular flexibility index (Phi) is 6.83. The number of unbranched alkanes of at least 4 members (excludes halogenated alkanes) is 4. The van der Waals surface area contributed by atoms with Crippen molar-refractivity contribution in [2.75, 3.05) is 0 Å². The van der Waals surface area contributed by atoms with Gasteiger partial charge in [0.15, 0.2) is 0 Å². The van der Waals surface area contributed by atoms with Crippen molar-refractivity contribution in [1.82, 2.24) is 5.43 Å². The predicted octanol–water partition coefficient (Wildman–Crippen LogP) is 3.83. The second-order valence-corrected chi connectivity index (χ2v) is 4.59. The Hall–Kier alpha value is -1.00. The van der Waals surface area contributed by atoms with E-state index in [9.17, 15) is 8.78 Å². The van der Waals surface area contributed by atoms with Crippen LogP contribution in [0.1, 0.15) is 57.1 Å². The van der Waals surface area contributed by atoms with Gasteiger partial charge in [-0.3, -0.25) is 11.3 Å². The molecule has 0 aliphatic heterocycles. The summed E-state index contributed by atoms with van der Waals surface area (Å²) in [6, 6.07) is 3.38. The van der Waals surface area contributed by atoms with Gasteiger partial charge in [0.1, 0.15) is 11.6 Å². The van der Waals surface area contributed by atoms with Gasteiger partial charge in [0, 0.05) is 17.7 Å². The summed E-state index contributed by atoms with van der Waals surface area (Å²) in [6.07, 6.45) is 6.50. The van der Waals surface area contributed by atoms with E-state index < -0.39 is 11.6 Å². The molecule has 0 saturated carbocycles. The first kappa shape index (κ1) is 15.1. The number of hydrogen-bond donors (Lipinski definition) is 2. The zero-order chi connectivity index (χ0) is 13.4. The maximum atomic E-state index is 13.6. The maximum Gasteiger partial charge on any atom is 0.130 e. The molecular formula is C14H22F2N2. The van der Waals surface area contributed by atoms with Gasteiger partial charge in [0.05, 0.1) is 0 Å². The molecular weight excluding hydrogens is 234 g/mol. The van der Waals surface area contributed by atoms with Gasteiger partial charge in [-0.15, -0.1) is 0 Å². The second kappa shape index (κ2) is 8.16. The molecule has 3 N–H and O–H groups in total. The molecule has 2 nitrogen and oxygen atoms in total. The molecule has 18 heavy (non-hydrogen) atoms. The third-order valence-corrected chi connectivity index (χ3v) is 3.14. The highest BCUT2D eigenvalue weighted by Gasteiger charge is 2.14. The minimum Gasteiger partial charge on any atom is -0.271 e. The largest absolute Gasteiger partial charge is 0.271 e. The summed E-state index contributed by atoms with van der Waals surface area (Å²) in [6.45, 7) is 2.16. The number of hydrogen-bond acceptors (Lipinski definition) is 2. The van der Waals surface area contributed by atoms with E-state index in [-0.39, 0.29) is 6.04 Å². The molecule has 102 valence electrons. The molecule has 0 radical (unpaired) electrons. The van der Waals surface area contributed by atoms with E-state index in [4.69, 9.17) is 5.84 Å². The molecule has 1 rings (SSSR count). The van der Waals surface area contributed by atoms with Gasteiger partial charge in [0.2, 0.25) is 0 Å². The molecule has 0 spiro atoms. The summed E-state index contributed by atoms with van der Waals surface area (Å²) in [5, 5.41) is 0. The average Bonchev–Trinajstić information content (AvgIpc) is 2.35. The van der Waals surface area contributed by atoms with Crippen molar-refractivity contribution in [3.8, 4) is 0 Å². The van der Waals surface area contributed by atoms with Crippen LogP contribution in [0.3, 0.4) is 0 Å². The smallest absolute Gasteiger partial charge is 0.130 e. The highest BCUT2D eigenvalue weighted by Crippen LogP contribution is 2.22. The van der Waals surface area contributed by atoms with E-state index >= 15 is 0 Å². The maximum absolute atomic E-state index is 13.6. The number of halogens is 2. The van der Waals surface area contributed by atoms with Gasteiger partial charge < -0.3 is 0 Å². The molecule has 1 atom stereocenters. The molecule has 0 aliphatic rings. The van der Waals surface area contributed by atoms with Gasteiger partial charge in [-0.25, -0.2) is 8.78 Å². The summed E-state index contributed by atoms with van der Waals surface area (Å²) in [4.78, 5) is 0. The Morgan fingerprint density at radius 2 is 1.89 bits per heavy atom. The molecule has 4 heteroatoms. The van der Waals surface area contributed by atoms with E-state index in [1.165, 1.54) is 31.4 Å². The minimum absolute atomic E-state index is 0.243. The minimum atomic E-state index is -0.560. The molecule has 1 aromatic rings. The summed E-state index contributed by atoms with van der Waals surface area (Å²) in [5.41, 5.74) is 3.05. The average molecular weight is 256 g/mol. The first-order valence-corrected chi connectivity index (χ1v) is 6.60. The number of hydrazine groups is 1. The molecule has 0 heterocycles. The van der Waals surface area contributed by atoms with Crippen LogP contribution in [0.5, 0.6) is 0 Å². The van der Waals surface area contributed by atoms with Crippen LogP contribution < -0.4 is 11.3 Å². The summed E-state index contributed by atoms with van der Waals surface area (Å²) in [7, 11) is 0. The first-order valence-electron chi connectivity index (χ1n) is 6.60. The monoisotopic (exact) mass is 256 g/mol. The lowest BCUT2D eigenvalue weighted by Gasteiger charge is -2.17. The molecule has 1 aromatic carbocycles. The standard InChI is InChI=1S/C14H22F2N2/c1-2-3-4-5-6-7-14(18-17)12-9-8-11(15)10-13(12)16/h8-10,14,18H,2-7,17H2,1H3. The van der Waals surface area contributed by atoms with Crippen molar-refractivity contribution in [2.45, 2.75) is 51.5 Å². The normalized spacial score (nSPS) is 12.7. The van der Waals surface area contributed by atoms with Crippen LogP contribution in [0, 0.1) is 11.6 Å². The molecule has 0 amide bonds. The molecule has 0 saturated heterocycles. The van der Waals surface area contributed by atoms with E-state index in [1.807, 2.05) is 0 Å². The Morgan fingerprint density at radius 3 is 2.50 bits per heavy atom. The molecule has 1 unspecified atom stereocenters. The second-order valence-electron chi connectivity index (χ2n) is 4.59. The lowest BCUT2D eigenvalue weighted by atomic mass is 10.00. The zero-order valence-corrected chi connectivity index (χ0v) is 10.9. The molecule has 0 fully saturated rings. The Balaban J connectivity index is 2.49. The quantitative estimate of drug-likeness (QED) is 0.421. The van der Waals surface area contributed by atoms with Crippen molar-refractivity contribution >= 4 is 0 Å². The summed E-state index contributed by atoms with van der Waals surface area (Å²) < 4.78 is 26.4. The van der Waals surface area contributed by atoms with E-state index in [0.29, 0.717) is 5.56 Å². The summed E-state index contributed by atoms with van der Waals surface area (Å²) in [5.74, 6) is 4.35. The number of rotatable bonds is 8. The SMILES string of the molecule is CCCCCCCC(NN)c1ccc(F)cc1F.